The summed E-state index contributed by atoms with van der Waals surface area (Å²) in [5.74, 6) is 0. The number of halogens is 4. The van der Waals surface area contributed by atoms with Crippen LogP contribution < -0.4 is 10.3 Å². The van der Waals surface area contributed by atoms with E-state index in [0.717, 1.165) is 0 Å². The van der Waals surface area contributed by atoms with Crippen molar-refractivity contribution < 1.29 is 22.3 Å². The first kappa shape index (κ1) is 12.1. The molecule has 0 aromatic carbocycles. The van der Waals surface area contributed by atoms with Crippen molar-refractivity contribution in [3.8, 4) is 0 Å². The molecular formula is C8H13BF4N2. The Morgan fingerprint density at radius 1 is 1.33 bits per heavy atom. The van der Waals surface area contributed by atoms with Gasteiger partial charge in [0.05, 0.1) is 6.04 Å². The fourth-order valence-electron chi connectivity index (χ4n) is 1.51. The molecule has 0 radical (unpaired) electrons. The Hall–Kier alpha value is -1.01. The first-order valence-corrected chi connectivity index (χ1v) is 4.68. The Bertz CT molecular complexity index is 292. The Morgan fingerprint density at radius 2 is 1.87 bits per heavy atom. The molecule has 1 fully saturated rings. The van der Waals surface area contributed by atoms with Crippen LogP contribution in [0.5, 0.6) is 0 Å². The highest BCUT2D eigenvalue weighted by Gasteiger charge is 2.43. The maximum atomic E-state index is 9.75. The average molecular weight is 224 g/mol. The van der Waals surface area contributed by atoms with Gasteiger partial charge in [-0.2, -0.15) is 0 Å². The predicted molar refractivity (Wildman–Crippen MR) is 50.9 cm³/mol. The van der Waals surface area contributed by atoms with Gasteiger partial charge >= 0.3 is 7.25 Å². The summed E-state index contributed by atoms with van der Waals surface area (Å²) in [5.41, 5.74) is 2.57. The molecule has 1 saturated carbocycles. The van der Waals surface area contributed by atoms with E-state index in [0.29, 0.717) is 12.1 Å². The van der Waals surface area contributed by atoms with Gasteiger partial charge in [-0.25, -0.2) is 4.99 Å². The second kappa shape index (κ2) is 4.24. The van der Waals surface area contributed by atoms with Crippen molar-refractivity contribution in [1.29, 1.82) is 0 Å². The smallest absolute Gasteiger partial charge is 0.418 e. The molecule has 2 aliphatic rings. The van der Waals surface area contributed by atoms with E-state index in [-0.39, 0.29) is 0 Å². The summed E-state index contributed by atoms with van der Waals surface area (Å²) in [6.45, 7) is 4.23. The summed E-state index contributed by atoms with van der Waals surface area (Å²) in [7, 11) is -6.00. The standard InChI is InChI=1S/C8H12N2.BF4/c1-5-3-6(2)10-8-4-7(8)9-5;2-1(3,4)5/h3,7-9H,4H2,1-2H3;/q;-1/p+1. The second-order valence-corrected chi connectivity index (χ2v) is 3.74. The first-order valence-electron chi connectivity index (χ1n) is 4.68. The SMILES string of the molecule is CC1=CC(C)=[NH+]C2CC2N1.F[B-](F)(F)F. The van der Waals surface area contributed by atoms with Crippen LogP contribution in [0.3, 0.4) is 0 Å². The molecule has 2 rings (SSSR count). The summed E-state index contributed by atoms with van der Waals surface area (Å²) in [6, 6.07) is 1.40. The molecule has 1 aliphatic carbocycles. The maximum Gasteiger partial charge on any atom is 0.673 e. The van der Waals surface area contributed by atoms with Crippen LogP contribution in [0.15, 0.2) is 11.8 Å². The number of hydrogen-bond acceptors (Lipinski definition) is 1. The van der Waals surface area contributed by atoms with Gasteiger partial charge in [0.2, 0.25) is 0 Å². The van der Waals surface area contributed by atoms with Gasteiger partial charge < -0.3 is 22.6 Å². The van der Waals surface area contributed by atoms with E-state index in [1.807, 2.05) is 0 Å². The van der Waals surface area contributed by atoms with Crippen LogP contribution in [0.1, 0.15) is 20.3 Å². The lowest BCUT2D eigenvalue weighted by molar-refractivity contribution is -0.473. The molecule has 1 heterocycles. The van der Waals surface area contributed by atoms with Gasteiger partial charge in [0, 0.05) is 25.1 Å². The van der Waals surface area contributed by atoms with E-state index in [9.17, 15) is 17.3 Å². The Kier molecular flexibility index (Phi) is 3.41. The molecule has 15 heavy (non-hydrogen) atoms. The molecule has 86 valence electrons. The highest BCUT2D eigenvalue weighted by molar-refractivity contribution is 6.50. The molecule has 2 nitrogen and oxygen atoms in total. The molecule has 0 spiro atoms. The fourth-order valence-corrected chi connectivity index (χ4v) is 1.51. The van der Waals surface area contributed by atoms with Crippen LogP contribution in [0.4, 0.5) is 17.3 Å². The molecule has 0 aromatic heterocycles. The average Bonchev–Trinajstić information content (AvgIpc) is 2.60. The predicted octanol–water partition coefficient (Wildman–Crippen LogP) is 0.476. The van der Waals surface area contributed by atoms with Crippen LogP contribution in [0.25, 0.3) is 0 Å². The van der Waals surface area contributed by atoms with Crippen LogP contribution in [0.2, 0.25) is 0 Å². The van der Waals surface area contributed by atoms with Crippen molar-refractivity contribution in [1.82, 2.24) is 5.32 Å². The lowest BCUT2D eigenvalue weighted by Crippen LogP contribution is -2.75. The molecule has 7 heteroatoms. The zero-order valence-electron chi connectivity index (χ0n) is 8.53. The van der Waals surface area contributed by atoms with Gasteiger partial charge in [0.25, 0.3) is 0 Å². The van der Waals surface area contributed by atoms with Crippen molar-refractivity contribution in [2.24, 2.45) is 0 Å². The van der Waals surface area contributed by atoms with Crippen LogP contribution >= 0.6 is 0 Å². The minimum absolute atomic E-state index is 0.702. The number of fused-ring (bicyclic) bond motifs is 1. The van der Waals surface area contributed by atoms with E-state index < -0.39 is 7.25 Å². The van der Waals surface area contributed by atoms with E-state index in [2.05, 4.69) is 30.2 Å². The van der Waals surface area contributed by atoms with Crippen molar-refractivity contribution in [3.63, 3.8) is 0 Å². The molecular weight excluding hydrogens is 211 g/mol. The summed E-state index contributed by atoms with van der Waals surface area (Å²) < 4.78 is 39.0. The lowest BCUT2D eigenvalue weighted by Gasteiger charge is -1.98. The third-order valence-corrected chi connectivity index (χ3v) is 2.05. The van der Waals surface area contributed by atoms with Gasteiger partial charge in [-0.15, -0.1) is 0 Å². The molecule has 2 unspecified atom stereocenters. The third-order valence-electron chi connectivity index (χ3n) is 2.05. The minimum Gasteiger partial charge on any atom is -0.418 e. The monoisotopic (exact) mass is 224 g/mol. The Morgan fingerprint density at radius 3 is 2.40 bits per heavy atom. The first-order chi connectivity index (χ1) is 6.75. The zero-order valence-corrected chi connectivity index (χ0v) is 8.53. The van der Waals surface area contributed by atoms with Gasteiger partial charge in [-0.3, -0.25) is 0 Å². The summed E-state index contributed by atoms with van der Waals surface area (Å²) in [5, 5.41) is 3.42. The molecule has 1 aliphatic heterocycles. The quantitative estimate of drug-likeness (QED) is 0.454. The molecule has 2 atom stereocenters. The Labute approximate surface area is 85.6 Å². The summed E-state index contributed by atoms with van der Waals surface area (Å²) in [6.07, 6.45) is 3.44. The van der Waals surface area contributed by atoms with E-state index in [1.165, 1.54) is 17.8 Å². The molecule has 2 N–H and O–H groups in total. The summed E-state index contributed by atoms with van der Waals surface area (Å²) in [4.78, 5) is 3.42. The second-order valence-electron chi connectivity index (χ2n) is 3.74. The van der Waals surface area contributed by atoms with Gasteiger partial charge in [-0.1, -0.05) is 0 Å². The van der Waals surface area contributed by atoms with Crippen LogP contribution in [0, 0.1) is 0 Å². The van der Waals surface area contributed by atoms with Crippen molar-refractivity contribution in [2.75, 3.05) is 0 Å². The van der Waals surface area contributed by atoms with Crippen molar-refractivity contribution in [2.45, 2.75) is 32.4 Å². The van der Waals surface area contributed by atoms with Crippen molar-refractivity contribution in [3.05, 3.63) is 11.8 Å². The molecule has 0 saturated heterocycles. The van der Waals surface area contributed by atoms with Crippen LogP contribution in [-0.2, 0) is 0 Å². The maximum absolute atomic E-state index is 9.75. The molecule has 0 bridgehead atoms. The third kappa shape index (κ3) is 5.44. The molecule has 0 aromatic rings. The van der Waals surface area contributed by atoms with Crippen molar-refractivity contribution >= 4 is 13.0 Å². The Balaban J connectivity index is 0.000000195. The number of nitrogens with one attached hydrogen (secondary N) is 2. The number of allylic oxidation sites excluding steroid dienone is 2. The zero-order chi connectivity index (χ0) is 11.6. The van der Waals surface area contributed by atoms with E-state index in [4.69, 9.17) is 0 Å². The van der Waals surface area contributed by atoms with E-state index in [1.54, 1.807) is 0 Å². The topological polar surface area (TPSA) is 26.0 Å². The summed E-state index contributed by atoms with van der Waals surface area (Å²) >= 11 is 0. The number of rotatable bonds is 0. The number of hydrogen-bond donors (Lipinski definition) is 2. The normalized spacial score (nSPS) is 28.4. The minimum atomic E-state index is -6.00. The van der Waals surface area contributed by atoms with Gasteiger partial charge in [0.1, 0.15) is 0 Å². The van der Waals surface area contributed by atoms with Gasteiger partial charge in [0.15, 0.2) is 11.8 Å². The van der Waals surface area contributed by atoms with Gasteiger partial charge in [-0.05, 0) is 6.92 Å². The highest BCUT2D eigenvalue weighted by Crippen LogP contribution is 2.18. The largest absolute Gasteiger partial charge is 0.673 e. The fraction of sp³-hybridized carbons (Fsp3) is 0.625. The lowest BCUT2D eigenvalue weighted by atomic mass is 10.3. The highest BCUT2D eigenvalue weighted by atomic mass is 19.5. The van der Waals surface area contributed by atoms with Crippen LogP contribution in [-0.4, -0.2) is 25.0 Å². The molecule has 0 amide bonds. The van der Waals surface area contributed by atoms with E-state index >= 15 is 0 Å².